The van der Waals surface area contributed by atoms with Gasteiger partial charge >= 0.3 is 6.09 Å². The molecule has 2 amide bonds. The molecule has 0 bridgehead atoms. The maximum atomic E-state index is 12.4. The number of benzene rings is 1. The van der Waals surface area contributed by atoms with Crippen molar-refractivity contribution in [1.82, 2.24) is 10.6 Å². The number of alkyl carbamates (subject to hydrolysis) is 1. The molecule has 1 aromatic rings. The molecule has 25 heavy (non-hydrogen) atoms. The van der Waals surface area contributed by atoms with E-state index in [1.165, 1.54) is 0 Å². The lowest BCUT2D eigenvalue weighted by Gasteiger charge is -2.23. The van der Waals surface area contributed by atoms with E-state index in [-0.39, 0.29) is 12.3 Å². The van der Waals surface area contributed by atoms with Crippen molar-refractivity contribution in [2.75, 3.05) is 13.2 Å². The number of carbonyl (C=O) groups excluding carboxylic acids is 3. The third-order valence-electron chi connectivity index (χ3n) is 3.42. The average molecular weight is 348 g/mol. The highest BCUT2D eigenvalue weighted by molar-refractivity contribution is 5.92. The Kier molecular flexibility index (Phi) is 6.14. The molecular weight excluding hydrogens is 324 g/mol. The summed E-state index contributed by atoms with van der Waals surface area (Å²) in [4.78, 5) is 36.1. The first-order chi connectivity index (χ1) is 11.7. The molecule has 136 valence electrons. The fourth-order valence-electron chi connectivity index (χ4n) is 2.15. The van der Waals surface area contributed by atoms with E-state index in [1.807, 2.05) is 30.3 Å². The van der Waals surface area contributed by atoms with Crippen LogP contribution in [0.15, 0.2) is 30.3 Å². The highest BCUT2D eigenvalue weighted by Crippen LogP contribution is 2.10. The Labute approximate surface area is 147 Å². The van der Waals surface area contributed by atoms with Crippen LogP contribution in [-0.2, 0) is 25.5 Å². The Hall–Kier alpha value is -2.41. The second-order valence-electron chi connectivity index (χ2n) is 6.89. The Morgan fingerprint density at radius 1 is 1.24 bits per heavy atom. The van der Waals surface area contributed by atoms with Crippen molar-refractivity contribution in [2.45, 2.75) is 44.9 Å². The van der Waals surface area contributed by atoms with Gasteiger partial charge in [0, 0.05) is 6.42 Å². The molecule has 2 N–H and O–H groups in total. The molecule has 7 nitrogen and oxygen atoms in total. The van der Waals surface area contributed by atoms with Crippen molar-refractivity contribution < 1.29 is 23.9 Å². The standard InChI is InChI=1S/C18H24N2O5/c1-18(2,3)25-17(23)20-13(9-12-7-5-4-6-8-12)16(22)19-10-14(21)15-11-24-15/h4-8,13,15H,9-11H2,1-3H3,(H,19,22)(H,20,23)/t13-,15+/m0/s1. The Morgan fingerprint density at radius 3 is 2.44 bits per heavy atom. The van der Waals surface area contributed by atoms with Crippen molar-refractivity contribution in [1.29, 1.82) is 0 Å². The van der Waals surface area contributed by atoms with Crippen LogP contribution in [0.25, 0.3) is 0 Å². The summed E-state index contributed by atoms with van der Waals surface area (Å²) in [5, 5.41) is 5.13. The molecule has 2 rings (SSSR count). The number of nitrogens with one attached hydrogen (secondary N) is 2. The lowest BCUT2D eigenvalue weighted by atomic mass is 10.1. The zero-order chi connectivity index (χ0) is 18.4. The van der Waals surface area contributed by atoms with E-state index < -0.39 is 29.7 Å². The van der Waals surface area contributed by atoms with Gasteiger partial charge in [0.2, 0.25) is 5.91 Å². The largest absolute Gasteiger partial charge is 0.444 e. The van der Waals surface area contributed by atoms with Gasteiger partial charge in [-0.3, -0.25) is 9.59 Å². The predicted octanol–water partition coefficient (Wildman–Crippen LogP) is 1.21. The summed E-state index contributed by atoms with van der Waals surface area (Å²) in [7, 11) is 0. The first kappa shape index (κ1) is 18.9. The molecular formula is C18H24N2O5. The molecule has 1 heterocycles. The Balaban J connectivity index is 1.98. The fourth-order valence-corrected chi connectivity index (χ4v) is 2.15. The topological polar surface area (TPSA) is 97.0 Å². The molecule has 1 aliphatic rings. The van der Waals surface area contributed by atoms with Crippen molar-refractivity contribution in [3.05, 3.63) is 35.9 Å². The minimum Gasteiger partial charge on any atom is -0.444 e. The molecule has 7 heteroatoms. The summed E-state index contributed by atoms with van der Waals surface area (Å²) >= 11 is 0. The van der Waals surface area contributed by atoms with Gasteiger partial charge in [0.1, 0.15) is 17.7 Å². The highest BCUT2D eigenvalue weighted by Gasteiger charge is 2.32. The van der Waals surface area contributed by atoms with Crippen molar-refractivity contribution in [2.24, 2.45) is 0 Å². The van der Waals surface area contributed by atoms with Gasteiger partial charge < -0.3 is 20.1 Å². The summed E-state index contributed by atoms with van der Waals surface area (Å²) < 4.78 is 10.1. The molecule has 1 aromatic carbocycles. The van der Waals surface area contributed by atoms with E-state index in [2.05, 4.69) is 10.6 Å². The second kappa shape index (κ2) is 8.11. The molecule has 2 atom stereocenters. The molecule has 0 aliphatic carbocycles. The van der Waals surface area contributed by atoms with Gasteiger partial charge in [-0.25, -0.2) is 4.79 Å². The molecule has 0 aromatic heterocycles. The molecule has 1 aliphatic heterocycles. The maximum absolute atomic E-state index is 12.4. The monoisotopic (exact) mass is 348 g/mol. The lowest BCUT2D eigenvalue weighted by Crippen LogP contribution is -2.50. The van der Waals surface area contributed by atoms with Crippen molar-refractivity contribution >= 4 is 17.8 Å². The normalized spacial score (nSPS) is 17.3. The minimum absolute atomic E-state index is 0.120. The minimum atomic E-state index is -0.842. The summed E-state index contributed by atoms with van der Waals surface area (Å²) in [6.45, 7) is 5.51. The van der Waals surface area contributed by atoms with Gasteiger partial charge in [-0.05, 0) is 26.3 Å². The maximum Gasteiger partial charge on any atom is 0.408 e. The summed E-state index contributed by atoms with van der Waals surface area (Å²) in [6, 6.07) is 8.46. The van der Waals surface area contributed by atoms with Crippen LogP contribution >= 0.6 is 0 Å². The van der Waals surface area contributed by atoms with Gasteiger partial charge in [0.25, 0.3) is 0 Å². The highest BCUT2D eigenvalue weighted by atomic mass is 16.6. The second-order valence-corrected chi connectivity index (χ2v) is 6.89. The molecule has 0 unspecified atom stereocenters. The van der Waals surface area contributed by atoms with Crippen LogP contribution in [0.2, 0.25) is 0 Å². The van der Waals surface area contributed by atoms with E-state index in [4.69, 9.17) is 9.47 Å². The number of amides is 2. The van der Waals surface area contributed by atoms with Gasteiger partial charge in [-0.15, -0.1) is 0 Å². The zero-order valence-electron chi connectivity index (χ0n) is 14.7. The van der Waals surface area contributed by atoms with Crippen molar-refractivity contribution in [3.8, 4) is 0 Å². The summed E-state index contributed by atoms with van der Waals surface area (Å²) in [5.41, 5.74) is 0.215. The zero-order valence-corrected chi connectivity index (χ0v) is 14.7. The number of hydrogen-bond donors (Lipinski definition) is 2. The number of rotatable bonds is 7. The Bertz CT molecular complexity index is 620. The SMILES string of the molecule is CC(C)(C)OC(=O)N[C@@H](Cc1ccccc1)C(=O)NCC(=O)[C@H]1CO1. The smallest absolute Gasteiger partial charge is 0.408 e. The Morgan fingerprint density at radius 2 is 1.88 bits per heavy atom. The van der Waals surface area contributed by atoms with E-state index in [1.54, 1.807) is 20.8 Å². The third kappa shape index (κ3) is 6.93. The fraction of sp³-hybridized carbons (Fsp3) is 0.500. The van der Waals surface area contributed by atoms with E-state index in [0.717, 1.165) is 5.56 Å². The number of hydrogen-bond acceptors (Lipinski definition) is 5. The van der Waals surface area contributed by atoms with Gasteiger partial charge in [-0.2, -0.15) is 0 Å². The lowest BCUT2D eigenvalue weighted by molar-refractivity contribution is -0.126. The van der Waals surface area contributed by atoms with Crippen LogP contribution in [0.4, 0.5) is 4.79 Å². The molecule has 0 saturated carbocycles. The third-order valence-corrected chi connectivity index (χ3v) is 3.42. The van der Waals surface area contributed by atoms with Crippen LogP contribution in [0.5, 0.6) is 0 Å². The van der Waals surface area contributed by atoms with Gasteiger partial charge in [0.05, 0.1) is 13.2 Å². The molecule has 1 fully saturated rings. The van der Waals surface area contributed by atoms with Crippen LogP contribution < -0.4 is 10.6 Å². The summed E-state index contributed by atoms with van der Waals surface area (Å²) in [5.74, 6) is -0.618. The first-order valence-corrected chi connectivity index (χ1v) is 8.20. The number of epoxide rings is 1. The number of ether oxygens (including phenoxy) is 2. The van der Waals surface area contributed by atoms with Gasteiger partial charge in [-0.1, -0.05) is 30.3 Å². The number of Topliss-reactive ketones (excluding diaryl/α,β-unsaturated/α-hetero) is 1. The van der Waals surface area contributed by atoms with Crippen molar-refractivity contribution in [3.63, 3.8) is 0 Å². The molecule has 1 saturated heterocycles. The van der Waals surface area contributed by atoms with Crippen LogP contribution in [0.1, 0.15) is 26.3 Å². The van der Waals surface area contributed by atoms with E-state index in [9.17, 15) is 14.4 Å². The molecule has 0 radical (unpaired) electrons. The average Bonchev–Trinajstić information content (AvgIpc) is 3.35. The quantitative estimate of drug-likeness (QED) is 0.722. The van der Waals surface area contributed by atoms with Crippen LogP contribution in [-0.4, -0.2) is 48.7 Å². The van der Waals surface area contributed by atoms with Gasteiger partial charge in [0.15, 0.2) is 5.78 Å². The predicted molar refractivity (Wildman–Crippen MR) is 91.1 cm³/mol. The molecule has 0 spiro atoms. The van der Waals surface area contributed by atoms with E-state index >= 15 is 0 Å². The first-order valence-electron chi connectivity index (χ1n) is 8.20. The summed E-state index contributed by atoms with van der Waals surface area (Å²) in [6.07, 6.45) is -0.799. The number of carbonyl (C=O) groups is 3. The van der Waals surface area contributed by atoms with Crippen LogP contribution in [0, 0.1) is 0 Å². The van der Waals surface area contributed by atoms with Crippen LogP contribution in [0.3, 0.4) is 0 Å². The van der Waals surface area contributed by atoms with E-state index in [0.29, 0.717) is 13.0 Å². The number of ketones is 1.